The second-order valence-electron chi connectivity index (χ2n) is 12.2. The largest absolute Gasteiger partial charge is 0.372 e. The van der Waals surface area contributed by atoms with Gasteiger partial charge in [-0.25, -0.2) is 23.1 Å². The molecule has 6 atom stereocenters. The Balaban J connectivity index is 1.48. The monoisotopic (exact) mass is 603 g/mol. The number of piperazine rings is 1. The Morgan fingerprint density at radius 2 is 1.65 bits per heavy atom. The van der Waals surface area contributed by atoms with E-state index in [0.717, 1.165) is 0 Å². The molecule has 13 heteroatoms. The molecule has 3 aliphatic heterocycles. The lowest BCUT2D eigenvalue weighted by Gasteiger charge is -2.44. The molecule has 4 heterocycles. The minimum Gasteiger partial charge on any atom is -0.372 e. The van der Waals surface area contributed by atoms with Gasteiger partial charge in [-0.15, -0.1) is 0 Å². The molecular weight excluding hydrogens is 563 g/mol. The molecule has 0 radical (unpaired) electrons. The van der Waals surface area contributed by atoms with E-state index in [9.17, 15) is 18.4 Å². The number of anilines is 3. The molecule has 0 saturated carbocycles. The van der Waals surface area contributed by atoms with E-state index < -0.39 is 42.3 Å². The fourth-order valence-corrected chi connectivity index (χ4v) is 6.29. The van der Waals surface area contributed by atoms with Crippen LogP contribution in [0.1, 0.15) is 34.1 Å². The van der Waals surface area contributed by atoms with Crippen molar-refractivity contribution in [3.05, 3.63) is 30.3 Å². The summed E-state index contributed by atoms with van der Waals surface area (Å²) in [4.78, 5) is 40.5. The molecule has 2 amide bonds. The number of likely N-dealkylation sites (N-methyl/N-ethyl adjacent to an activating group) is 1. The lowest BCUT2D eigenvalue weighted by atomic mass is 9.85. The number of piperidine rings is 1. The van der Waals surface area contributed by atoms with Crippen molar-refractivity contribution in [3.8, 4) is 11.1 Å². The Bertz CT molecular complexity index is 1310. The first-order valence-corrected chi connectivity index (χ1v) is 14.8. The molecule has 2 aromatic rings. The smallest absolute Gasteiger partial charge is 0.242 e. The SMILES string of the molecule is C[C@@H]1CN(c2ncc(-c3cc(NC(=O)C4CNC(=O)CC4C(F)F)c(N4C[C@@H](C)N(C)[C@@H](C)C4)cc3F)cn2)C[C@H](C)O1. The van der Waals surface area contributed by atoms with E-state index in [1.165, 1.54) is 12.1 Å². The van der Waals surface area contributed by atoms with Crippen LogP contribution in [0.15, 0.2) is 24.5 Å². The van der Waals surface area contributed by atoms with Crippen molar-refractivity contribution >= 4 is 29.1 Å². The Morgan fingerprint density at radius 3 is 2.26 bits per heavy atom. The van der Waals surface area contributed by atoms with Crippen LogP contribution in [0.5, 0.6) is 0 Å². The first-order chi connectivity index (χ1) is 20.4. The number of ether oxygens (including phenoxy) is 1. The van der Waals surface area contributed by atoms with Crippen LogP contribution in [0.4, 0.5) is 30.5 Å². The molecule has 3 fully saturated rings. The summed E-state index contributed by atoms with van der Waals surface area (Å²) in [6.07, 6.45) is -0.149. The quantitative estimate of drug-likeness (QED) is 0.519. The van der Waals surface area contributed by atoms with Gasteiger partial charge in [0.25, 0.3) is 0 Å². The lowest BCUT2D eigenvalue weighted by molar-refractivity contribution is -0.133. The van der Waals surface area contributed by atoms with Gasteiger partial charge in [0.1, 0.15) is 5.82 Å². The van der Waals surface area contributed by atoms with Crippen LogP contribution in [-0.4, -0.2) is 97.2 Å². The predicted octanol–water partition coefficient (Wildman–Crippen LogP) is 3.38. The van der Waals surface area contributed by atoms with E-state index in [2.05, 4.69) is 39.3 Å². The number of hydrogen-bond acceptors (Lipinski definition) is 8. The summed E-state index contributed by atoms with van der Waals surface area (Å²) in [6, 6.07) is 3.20. The number of morpholine rings is 1. The molecule has 3 saturated heterocycles. The van der Waals surface area contributed by atoms with Gasteiger partial charge in [0.15, 0.2) is 0 Å². The number of alkyl halides is 2. The second-order valence-corrected chi connectivity index (χ2v) is 12.2. The summed E-state index contributed by atoms with van der Waals surface area (Å²) in [5.41, 5.74) is 1.35. The maximum atomic E-state index is 15.8. The highest BCUT2D eigenvalue weighted by Crippen LogP contribution is 2.37. The average molecular weight is 604 g/mol. The molecule has 3 aliphatic rings. The van der Waals surface area contributed by atoms with E-state index >= 15 is 4.39 Å². The van der Waals surface area contributed by atoms with Crippen molar-refractivity contribution < 1.29 is 27.5 Å². The number of benzene rings is 1. The number of rotatable bonds is 6. The number of aromatic nitrogens is 2. The van der Waals surface area contributed by atoms with E-state index in [1.807, 2.05) is 30.7 Å². The molecule has 10 nitrogen and oxygen atoms in total. The Kier molecular flexibility index (Phi) is 9.12. The number of hydrogen-bond donors (Lipinski definition) is 2. The zero-order chi connectivity index (χ0) is 31.0. The highest BCUT2D eigenvalue weighted by molar-refractivity contribution is 5.98. The van der Waals surface area contributed by atoms with Crippen LogP contribution in [0.2, 0.25) is 0 Å². The molecular formula is C30H40F3N7O3. The number of halogens is 3. The number of nitrogens with zero attached hydrogens (tertiary/aromatic N) is 5. The van der Waals surface area contributed by atoms with E-state index in [-0.39, 0.29) is 36.4 Å². The van der Waals surface area contributed by atoms with Crippen LogP contribution in [0.3, 0.4) is 0 Å². The summed E-state index contributed by atoms with van der Waals surface area (Å²) in [5.74, 6) is -3.72. The summed E-state index contributed by atoms with van der Waals surface area (Å²) in [7, 11) is 2.03. The van der Waals surface area contributed by atoms with Gasteiger partial charge >= 0.3 is 0 Å². The van der Waals surface area contributed by atoms with Crippen LogP contribution in [0.25, 0.3) is 11.1 Å². The van der Waals surface area contributed by atoms with Gasteiger partial charge in [-0.2, -0.15) is 0 Å². The molecule has 0 spiro atoms. The van der Waals surface area contributed by atoms with E-state index in [4.69, 9.17) is 4.74 Å². The molecule has 43 heavy (non-hydrogen) atoms. The number of nitrogens with one attached hydrogen (secondary N) is 2. The zero-order valence-corrected chi connectivity index (χ0v) is 25.2. The Morgan fingerprint density at radius 1 is 1.02 bits per heavy atom. The van der Waals surface area contributed by atoms with Gasteiger partial charge in [-0.05, 0) is 46.9 Å². The van der Waals surface area contributed by atoms with Crippen molar-refractivity contribution in [2.24, 2.45) is 11.8 Å². The first-order valence-electron chi connectivity index (χ1n) is 14.8. The molecule has 2 unspecified atom stereocenters. The van der Waals surface area contributed by atoms with E-state index in [1.54, 1.807) is 12.4 Å². The highest BCUT2D eigenvalue weighted by Gasteiger charge is 2.40. The van der Waals surface area contributed by atoms with Crippen molar-refractivity contribution in [1.29, 1.82) is 0 Å². The van der Waals surface area contributed by atoms with E-state index in [0.29, 0.717) is 49.1 Å². The third-order valence-electron chi connectivity index (χ3n) is 8.81. The third kappa shape index (κ3) is 6.72. The van der Waals surface area contributed by atoms with Crippen LogP contribution >= 0.6 is 0 Å². The second kappa shape index (κ2) is 12.7. The lowest BCUT2D eigenvalue weighted by Crippen LogP contribution is -2.55. The fraction of sp³-hybridized carbons (Fsp3) is 0.600. The van der Waals surface area contributed by atoms with Gasteiger partial charge in [0.2, 0.25) is 24.2 Å². The molecule has 1 aromatic carbocycles. The summed E-state index contributed by atoms with van der Waals surface area (Å²) in [6.45, 7) is 10.3. The third-order valence-corrected chi connectivity index (χ3v) is 8.81. The zero-order valence-electron chi connectivity index (χ0n) is 25.2. The fourth-order valence-electron chi connectivity index (χ4n) is 6.29. The van der Waals surface area contributed by atoms with Crippen molar-refractivity contribution in [2.45, 2.75) is 64.8 Å². The minimum absolute atomic E-state index is 0.0188. The molecule has 1 aromatic heterocycles. The van der Waals surface area contributed by atoms with Crippen molar-refractivity contribution in [2.75, 3.05) is 54.9 Å². The standard InChI is InChI=1S/C30H40F3N7O3/c1-16-12-39(13-17(2)38(16)5)26-8-24(31)21(20-9-35-30(36-10-20)40-14-18(3)43-19(4)15-40)6-25(26)37-29(42)23-11-34-27(41)7-22(23)28(32)33/h6,8-10,16-19,22-23,28H,7,11-15H2,1-5H3,(H,34,41)(H,37,42)/t16-,17+,18-,19+,22?,23?. The number of carbonyl (C=O) groups excluding carboxylic acids is 2. The molecule has 5 rings (SSSR count). The van der Waals surface area contributed by atoms with Gasteiger partial charge in [0.05, 0.1) is 29.5 Å². The first kappa shape index (κ1) is 31.0. The van der Waals surface area contributed by atoms with Gasteiger partial charge in [0, 0.05) is 80.7 Å². The van der Waals surface area contributed by atoms with Crippen LogP contribution in [-0.2, 0) is 14.3 Å². The number of carbonyl (C=O) groups is 2. The van der Waals surface area contributed by atoms with Crippen LogP contribution in [0, 0.1) is 17.7 Å². The molecule has 0 aliphatic carbocycles. The Labute approximate surface area is 250 Å². The maximum Gasteiger partial charge on any atom is 0.242 e. The normalized spacial score (nSPS) is 28.6. The van der Waals surface area contributed by atoms with Crippen LogP contribution < -0.4 is 20.4 Å². The maximum absolute atomic E-state index is 15.8. The predicted molar refractivity (Wildman–Crippen MR) is 158 cm³/mol. The average Bonchev–Trinajstić information content (AvgIpc) is 2.95. The summed E-state index contributed by atoms with van der Waals surface area (Å²) in [5, 5.41) is 5.34. The van der Waals surface area contributed by atoms with Crippen molar-refractivity contribution in [1.82, 2.24) is 20.2 Å². The molecule has 0 bridgehead atoms. The molecule has 234 valence electrons. The van der Waals surface area contributed by atoms with Gasteiger partial charge < -0.3 is 25.2 Å². The summed E-state index contributed by atoms with van der Waals surface area (Å²) < 4.78 is 49.3. The van der Waals surface area contributed by atoms with Gasteiger partial charge in [-0.1, -0.05) is 0 Å². The topological polar surface area (TPSA) is 103 Å². The van der Waals surface area contributed by atoms with Crippen molar-refractivity contribution in [3.63, 3.8) is 0 Å². The number of amides is 2. The highest BCUT2D eigenvalue weighted by atomic mass is 19.3. The minimum atomic E-state index is -2.84. The Hall–Kier alpha value is -3.45. The van der Waals surface area contributed by atoms with Gasteiger partial charge in [-0.3, -0.25) is 14.5 Å². The summed E-state index contributed by atoms with van der Waals surface area (Å²) >= 11 is 0. The molecule has 2 N–H and O–H groups in total.